The van der Waals surface area contributed by atoms with Gasteiger partial charge in [0.15, 0.2) is 0 Å². The average Bonchev–Trinajstić information content (AvgIpc) is 3.77. The van der Waals surface area contributed by atoms with Gasteiger partial charge in [-0.3, -0.25) is 0 Å². The first-order valence-corrected chi connectivity index (χ1v) is 17.3. The van der Waals surface area contributed by atoms with Gasteiger partial charge in [-0.2, -0.15) is 0 Å². The fourth-order valence-corrected chi connectivity index (χ4v) is 8.57. The molecule has 0 aliphatic carbocycles. The van der Waals surface area contributed by atoms with Crippen molar-refractivity contribution < 1.29 is 0 Å². The van der Waals surface area contributed by atoms with E-state index in [1.54, 1.807) is 0 Å². The Kier molecular flexibility index (Phi) is 7.57. The maximum atomic E-state index is 3.68. The number of rotatable bonds is 2. The van der Waals surface area contributed by atoms with Crippen LogP contribution in [0.15, 0.2) is 97.1 Å². The Labute approximate surface area is 277 Å². The maximum absolute atomic E-state index is 3.68. The number of anilines is 4. The zero-order valence-corrected chi connectivity index (χ0v) is 28.6. The third kappa shape index (κ3) is 4.86. The van der Waals surface area contributed by atoms with Crippen molar-refractivity contribution in [1.29, 1.82) is 0 Å². The molecule has 6 heteroatoms. The molecule has 2 spiro atoms. The predicted molar refractivity (Wildman–Crippen MR) is 194 cm³/mol. The Morgan fingerprint density at radius 3 is 1.36 bits per heavy atom. The molecule has 0 saturated carbocycles. The van der Waals surface area contributed by atoms with Crippen LogP contribution in [-0.4, -0.2) is 38.3 Å². The van der Waals surface area contributed by atoms with Crippen molar-refractivity contribution >= 4 is 67.9 Å². The van der Waals surface area contributed by atoms with Gasteiger partial charge in [0, 0.05) is 79.0 Å². The molecule has 4 aromatic carbocycles. The molecule has 0 radical (unpaired) electrons. The highest BCUT2D eigenvalue weighted by Crippen LogP contribution is 2.49. The number of hydrogen-bond donors (Lipinski definition) is 2. The molecule has 4 aliphatic heterocycles. The van der Waals surface area contributed by atoms with Crippen LogP contribution >= 0.6 is 45.2 Å². The summed E-state index contributed by atoms with van der Waals surface area (Å²) in [6, 6.07) is 36.5. The minimum Gasteiger partial charge on any atom is -0.381 e. The molecule has 2 N–H and O–H groups in total. The second-order valence-corrected chi connectivity index (χ2v) is 14.9. The van der Waals surface area contributed by atoms with Gasteiger partial charge in [-0.15, -0.1) is 0 Å². The van der Waals surface area contributed by atoms with Crippen molar-refractivity contribution in [2.24, 2.45) is 0 Å². The van der Waals surface area contributed by atoms with E-state index in [-0.39, 0.29) is 10.8 Å². The van der Waals surface area contributed by atoms with Crippen molar-refractivity contribution in [2.75, 3.05) is 46.6 Å². The molecule has 0 amide bonds. The summed E-state index contributed by atoms with van der Waals surface area (Å²) in [5.74, 6) is 0. The van der Waals surface area contributed by atoms with E-state index in [2.05, 4.69) is 177 Å². The van der Waals surface area contributed by atoms with E-state index in [0.717, 1.165) is 26.2 Å². The molecule has 4 aliphatic rings. The molecule has 2 fully saturated rings. The zero-order valence-electron chi connectivity index (χ0n) is 24.3. The summed E-state index contributed by atoms with van der Waals surface area (Å²) >= 11 is 4.73. The number of para-hydroxylation sites is 2. The van der Waals surface area contributed by atoms with E-state index in [1.807, 2.05) is 0 Å². The lowest BCUT2D eigenvalue weighted by molar-refractivity contribution is 0.443. The number of nitrogens with zero attached hydrogens (tertiary/aromatic N) is 2. The van der Waals surface area contributed by atoms with Crippen molar-refractivity contribution in [2.45, 2.75) is 49.6 Å². The van der Waals surface area contributed by atoms with Crippen LogP contribution in [0.25, 0.3) is 0 Å². The summed E-state index contributed by atoms with van der Waals surface area (Å²) in [7, 11) is 0. The lowest BCUT2D eigenvalue weighted by Gasteiger charge is -2.30. The summed E-state index contributed by atoms with van der Waals surface area (Å²) in [5.41, 5.74) is 8.90. The SMILES string of the molecule is C[C@@H]1Nc2ccccc2[C@]12CCN(c1ccc(I)cc1)C2.C[C@H]1Nc2ccccc2[C@@]12CCN(c1ccc(I)cc1)C2. The summed E-state index contributed by atoms with van der Waals surface area (Å²) in [6.07, 6.45) is 2.45. The minimum absolute atomic E-state index is 0.263. The van der Waals surface area contributed by atoms with E-state index < -0.39 is 0 Å². The fraction of sp³-hybridized carbons (Fsp3) is 0.333. The Hall–Kier alpha value is -2.46. The lowest BCUT2D eigenvalue weighted by atomic mass is 9.76. The summed E-state index contributed by atoms with van der Waals surface area (Å²) in [4.78, 5) is 5.08. The molecule has 0 unspecified atom stereocenters. The van der Waals surface area contributed by atoms with Gasteiger partial charge in [0.05, 0.1) is 0 Å². The van der Waals surface area contributed by atoms with Gasteiger partial charge < -0.3 is 20.4 Å². The highest BCUT2D eigenvalue weighted by molar-refractivity contribution is 14.1. The molecule has 216 valence electrons. The van der Waals surface area contributed by atoms with Crippen molar-refractivity contribution in [3.05, 3.63) is 115 Å². The third-order valence-corrected chi connectivity index (χ3v) is 11.8. The fourth-order valence-electron chi connectivity index (χ4n) is 7.85. The molecule has 4 nitrogen and oxygen atoms in total. The summed E-state index contributed by atoms with van der Waals surface area (Å²) in [5, 5.41) is 7.37. The molecule has 4 aromatic rings. The summed E-state index contributed by atoms with van der Waals surface area (Å²) in [6.45, 7) is 9.16. The Bertz CT molecular complexity index is 1450. The Morgan fingerprint density at radius 1 is 0.571 bits per heavy atom. The molecule has 4 atom stereocenters. The lowest BCUT2D eigenvalue weighted by Crippen LogP contribution is -2.39. The number of halogens is 2. The minimum atomic E-state index is 0.263. The maximum Gasteiger partial charge on any atom is 0.0382 e. The quantitative estimate of drug-likeness (QED) is 0.200. The first kappa shape index (κ1) is 28.3. The van der Waals surface area contributed by atoms with Crippen LogP contribution in [0.4, 0.5) is 22.7 Å². The van der Waals surface area contributed by atoms with E-state index in [1.165, 1.54) is 53.9 Å². The molecule has 0 bridgehead atoms. The monoisotopic (exact) mass is 780 g/mol. The van der Waals surface area contributed by atoms with Gasteiger partial charge in [0.25, 0.3) is 0 Å². The van der Waals surface area contributed by atoms with Crippen LogP contribution in [-0.2, 0) is 10.8 Å². The molecule has 0 aromatic heterocycles. The van der Waals surface area contributed by atoms with Crippen LogP contribution in [0.1, 0.15) is 37.8 Å². The van der Waals surface area contributed by atoms with Gasteiger partial charge in [0.2, 0.25) is 0 Å². The molecule has 42 heavy (non-hydrogen) atoms. The first-order chi connectivity index (χ1) is 20.4. The van der Waals surface area contributed by atoms with Gasteiger partial charge in [-0.1, -0.05) is 36.4 Å². The van der Waals surface area contributed by atoms with E-state index in [4.69, 9.17) is 0 Å². The van der Waals surface area contributed by atoms with Crippen LogP contribution < -0.4 is 20.4 Å². The highest BCUT2D eigenvalue weighted by Gasteiger charge is 2.50. The Balaban J connectivity index is 0.000000137. The molecule has 2 saturated heterocycles. The smallest absolute Gasteiger partial charge is 0.0382 e. The van der Waals surface area contributed by atoms with Crippen LogP contribution in [0.3, 0.4) is 0 Å². The molecular formula is C36H38I2N4. The zero-order chi connectivity index (χ0) is 28.9. The van der Waals surface area contributed by atoms with Gasteiger partial charge in [-0.25, -0.2) is 0 Å². The van der Waals surface area contributed by atoms with Gasteiger partial charge in [-0.05, 0) is 144 Å². The number of nitrogens with one attached hydrogen (secondary N) is 2. The molecular weight excluding hydrogens is 742 g/mol. The van der Waals surface area contributed by atoms with Crippen molar-refractivity contribution in [1.82, 2.24) is 0 Å². The van der Waals surface area contributed by atoms with Crippen LogP contribution in [0, 0.1) is 7.14 Å². The second-order valence-electron chi connectivity index (χ2n) is 12.4. The van der Waals surface area contributed by atoms with Gasteiger partial charge >= 0.3 is 0 Å². The van der Waals surface area contributed by atoms with Crippen LogP contribution in [0.5, 0.6) is 0 Å². The van der Waals surface area contributed by atoms with E-state index >= 15 is 0 Å². The van der Waals surface area contributed by atoms with Crippen molar-refractivity contribution in [3.63, 3.8) is 0 Å². The number of fused-ring (bicyclic) bond motifs is 4. The number of benzene rings is 4. The predicted octanol–water partition coefficient (Wildman–Crippen LogP) is 8.51. The first-order valence-electron chi connectivity index (χ1n) is 15.1. The number of hydrogen-bond acceptors (Lipinski definition) is 4. The normalized spacial score (nSPS) is 27.0. The van der Waals surface area contributed by atoms with Crippen LogP contribution in [0.2, 0.25) is 0 Å². The topological polar surface area (TPSA) is 30.5 Å². The van der Waals surface area contributed by atoms with Gasteiger partial charge in [0.1, 0.15) is 0 Å². The summed E-state index contributed by atoms with van der Waals surface area (Å²) < 4.78 is 2.60. The van der Waals surface area contributed by atoms with Crippen molar-refractivity contribution in [3.8, 4) is 0 Å². The second kappa shape index (κ2) is 11.2. The third-order valence-electron chi connectivity index (χ3n) is 10.3. The highest BCUT2D eigenvalue weighted by atomic mass is 127. The van der Waals surface area contributed by atoms with E-state index in [9.17, 15) is 0 Å². The average molecular weight is 781 g/mol. The molecule has 8 rings (SSSR count). The standard InChI is InChI=1S/2C18H19IN2/c2*1-13-18(16-4-2-3-5-17(16)20-13)10-11-21(12-18)15-8-6-14(19)7-9-15/h2*2-9,13,20H,10-12H2,1H3/t2*13-,18-/m10/s1. The largest absolute Gasteiger partial charge is 0.381 e. The van der Waals surface area contributed by atoms with E-state index in [0.29, 0.717) is 12.1 Å². The Morgan fingerprint density at radius 2 is 0.952 bits per heavy atom. The molecule has 4 heterocycles.